The first-order valence-electron chi connectivity index (χ1n) is 7.29. The van der Waals surface area contributed by atoms with Crippen LogP contribution in [0.15, 0.2) is 16.7 Å². The fourth-order valence-electron chi connectivity index (χ4n) is 2.79. The Kier molecular flexibility index (Phi) is 4.84. The van der Waals surface area contributed by atoms with E-state index in [4.69, 9.17) is 21.4 Å². The maximum Gasteiger partial charge on any atom is 0.150 e. The molecular formula is C15H18BrClN2O2. The molecule has 0 spiro atoms. The molecule has 0 aliphatic carbocycles. The lowest BCUT2D eigenvalue weighted by Gasteiger charge is -2.23. The molecule has 0 saturated carbocycles. The van der Waals surface area contributed by atoms with E-state index in [2.05, 4.69) is 21.0 Å². The topological polar surface area (TPSA) is 47.3 Å². The van der Waals surface area contributed by atoms with E-state index in [1.165, 1.54) is 0 Å². The molecule has 1 fully saturated rings. The molecule has 21 heavy (non-hydrogen) atoms. The first kappa shape index (κ1) is 15.3. The number of benzene rings is 1. The molecule has 1 aromatic heterocycles. The molecule has 0 radical (unpaired) electrons. The highest BCUT2D eigenvalue weighted by atomic mass is 79.9. The summed E-state index contributed by atoms with van der Waals surface area (Å²) in [5, 5.41) is 15.3. The lowest BCUT2D eigenvalue weighted by atomic mass is 10.1. The van der Waals surface area contributed by atoms with Gasteiger partial charge in [-0.1, -0.05) is 11.6 Å². The zero-order chi connectivity index (χ0) is 14.8. The quantitative estimate of drug-likeness (QED) is 0.878. The molecule has 2 aromatic rings. The first-order chi connectivity index (χ1) is 10.2. The van der Waals surface area contributed by atoms with Gasteiger partial charge in [0.2, 0.25) is 0 Å². The van der Waals surface area contributed by atoms with Crippen LogP contribution in [0.4, 0.5) is 0 Å². The van der Waals surface area contributed by atoms with Crippen LogP contribution in [0.2, 0.25) is 5.02 Å². The van der Waals surface area contributed by atoms with Crippen LogP contribution in [0.1, 0.15) is 37.5 Å². The van der Waals surface area contributed by atoms with Crippen LogP contribution in [0.3, 0.4) is 0 Å². The van der Waals surface area contributed by atoms with Gasteiger partial charge < -0.3 is 9.84 Å². The van der Waals surface area contributed by atoms with Crippen LogP contribution in [-0.2, 0) is 11.2 Å². The highest BCUT2D eigenvalue weighted by Gasteiger charge is 2.21. The Morgan fingerprint density at radius 3 is 3.05 bits per heavy atom. The molecule has 1 aliphatic heterocycles. The molecule has 2 heterocycles. The van der Waals surface area contributed by atoms with Crippen molar-refractivity contribution in [1.82, 2.24) is 9.78 Å². The first-order valence-corrected chi connectivity index (χ1v) is 8.46. The van der Waals surface area contributed by atoms with Gasteiger partial charge in [-0.2, -0.15) is 5.10 Å². The molecule has 0 bridgehead atoms. The maximum atomic E-state index is 9.01. The van der Waals surface area contributed by atoms with E-state index in [-0.39, 0.29) is 12.8 Å². The smallest absolute Gasteiger partial charge is 0.150 e. The number of rotatable bonds is 4. The zero-order valence-electron chi connectivity index (χ0n) is 11.7. The van der Waals surface area contributed by atoms with Crippen LogP contribution in [-0.4, -0.2) is 28.1 Å². The van der Waals surface area contributed by atoms with Gasteiger partial charge in [0.25, 0.3) is 0 Å². The SMILES string of the molecule is OCCCc1c(Cl)cc2c(cnn2C2CCCCO2)c1Br. The standard InChI is InChI=1S/C15H18BrClN2O2/c16-15-10(4-3-6-20)12(17)8-13-11(15)9-18-19(13)14-5-1-2-7-21-14/h8-9,14,20H,1-7H2. The molecule has 1 N–H and O–H groups in total. The normalized spacial score (nSPS) is 19.3. The predicted molar refractivity (Wildman–Crippen MR) is 86.7 cm³/mol. The molecule has 4 nitrogen and oxygen atoms in total. The number of ether oxygens (including phenoxy) is 1. The Hall–Kier alpha value is -0.620. The molecule has 114 valence electrons. The molecule has 1 saturated heterocycles. The largest absolute Gasteiger partial charge is 0.396 e. The lowest BCUT2D eigenvalue weighted by molar-refractivity contribution is -0.0366. The molecule has 3 rings (SSSR count). The molecule has 6 heteroatoms. The highest BCUT2D eigenvalue weighted by molar-refractivity contribution is 9.10. The van der Waals surface area contributed by atoms with Gasteiger partial charge in [-0.05, 0) is 59.7 Å². The average molecular weight is 374 g/mol. The van der Waals surface area contributed by atoms with Gasteiger partial charge in [0, 0.05) is 28.1 Å². The lowest BCUT2D eigenvalue weighted by Crippen LogP contribution is -2.19. The van der Waals surface area contributed by atoms with Gasteiger partial charge in [0.15, 0.2) is 6.23 Å². The van der Waals surface area contributed by atoms with Gasteiger partial charge in [-0.25, -0.2) is 4.68 Å². The Labute approximate surface area is 137 Å². The number of aliphatic hydroxyl groups excluding tert-OH is 1. The Bertz CT molecular complexity index is 638. The second kappa shape index (κ2) is 6.65. The van der Waals surface area contributed by atoms with Crippen LogP contribution in [0, 0.1) is 0 Å². The minimum atomic E-state index is 0.00232. The fourth-order valence-corrected chi connectivity index (χ4v) is 3.91. The summed E-state index contributed by atoms with van der Waals surface area (Å²) in [6.45, 7) is 0.950. The predicted octanol–water partition coefficient (Wildman–Crippen LogP) is 4.08. The summed E-state index contributed by atoms with van der Waals surface area (Å²) in [6.07, 6.45) is 6.57. The Morgan fingerprint density at radius 1 is 1.48 bits per heavy atom. The molecular weight excluding hydrogens is 356 g/mol. The van der Waals surface area contributed by atoms with Gasteiger partial charge in [-0.15, -0.1) is 0 Å². The van der Waals surface area contributed by atoms with Crippen LogP contribution in [0.25, 0.3) is 10.9 Å². The van der Waals surface area contributed by atoms with E-state index in [1.807, 2.05) is 16.9 Å². The summed E-state index contributed by atoms with van der Waals surface area (Å²) in [6, 6.07) is 1.96. The molecule has 1 unspecified atom stereocenters. The van der Waals surface area contributed by atoms with Crippen molar-refractivity contribution in [2.75, 3.05) is 13.2 Å². The molecule has 1 aliphatic rings. The van der Waals surface area contributed by atoms with Gasteiger partial charge >= 0.3 is 0 Å². The van der Waals surface area contributed by atoms with Crippen molar-refractivity contribution in [3.8, 4) is 0 Å². The molecule has 0 amide bonds. The highest BCUT2D eigenvalue weighted by Crippen LogP contribution is 2.36. The summed E-state index contributed by atoms with van der Waals surface area (Å²) in [5.74, 6) is 0. The third-order valence-corrected chi connectivity index (χ3v) is 5.14. The van der Waals surface area contributed by atoms with E-state index < -0.39 is 0 Å². The van der Waals surface area contributed by atoms with Crippen molar-refractivity contribution in [3.63, 3.8) is 0 Å². The monoisotopic (exact) mass is 372 g/mol. The minimum absolute atomic E-state index is 0.00232. The summed E-state index contributed by atoms with van der Waals surface area (Å²) < 4.78 is 8.72. The van der Waals surface area contributed by atoms with Crippen LogP contribution < -0.4 is 0 Å². The van der Waals surface area contributed by atoms with E-state index in [0.29, 0.717) is 11.4 Å². The number of aliphatic hydroxyl groups is 1. The van der Waals surface area contributed by atoms with E-state index in [0.717, 1.165) is 53.2 Å². The third kappa shape index (κ3) is 2.97. The van der Waals surface area contributed by atoms with E-state index >= 15 is 0 Å². The number of nitrogens with zero attached hydrogens (tertiary/aromatic N) is 2. The van der Waals surface area contributed by atoms with Crippen LogP contribution >= 0.6 is 27.5 Å². The fraction of sp³-hybridized carbons (Fsp3) is 0.533. The van der Waals surface area contributed by atoms with Crippen molar-refractivity contribution in [2.45, 2.75) is 38.3 Å². The number of hydrogen-bond acceptors (Lipinski definition) is 3. The second-order valence-electron chi connectivity index (χ2n) is 5.32. The molecule has 1 aromatic carbocycles. The van der Waals surface area contributed by atoms with Gasteiger partial charge in [0.1, 0.15) is 0 Å². The number of fused-ring (bicyclic) bond motifs is 1. The summed E-state index contributed by atoms with van der Waals surface area (Å²) in [4.78, 5) is 0. The van der Waals surface area contributed by atoms with Crippen molar-refractivity contribution in [2.24, 2.45) is 0 Å². The van der Waals surface area contributed by atoms with Gasteiger partial charge in [0.05, 0.1) is 11.7 Å². The van der Waals surface area contributed by atoms with Crippen molar-refractivity contribution in [1.29, 1.82) is 0 Å². The Balaban J connectivity index is 2.02. The third-order valence-electron chi connectivity index (χ3n) is 3.90. The van der Waals surface area contributed by atoms with Crippen molar-refractivity contribution in [3.05, 3.63) is 27.3 Å². The summed E-state index contributed by atoms with van der Waals surface area (Å²) in [7, 11) is 0. The van der Waals surface area contributed by atoms with Crippen molar-refractivity contribution >= 4 is 38.4 Å². The van der Waals surface area contributed by atoms with E-state index in [1.54, 1.807) is 0 Å². The number of halogens is 2. The summed E-state index contributed by atoms with van der Waals surface area (Å²) >= 11 is 10.1. The second-order valence-corrected chi connectivity index (χ2v) is 6.52. The maximum absolute atomic E-state index is 9.01. The van der Waals surface area contributed by atoms with Crippen LogP contribution in [0.5, 0.6) is 0 Å². The van der Waals surface area contributed by atoms with E-state index in [9.17, 15) is 0 Å². The number of aromatic nitrogens is 2. The zero-order valence-corrected chi connectivity index (χ0v) is 14.0. The molecule has 1 atom stereocenters. The minimum Gasteiger partial charge on any atom is -0.396 e. The summed E-state index contributed by atoms with van der Waals surface area (Å²) in [5.41, 5.74) is 2.02. The average Bonchev–Trinajstić information content (AvgIpc) is 2.92. The Morgan fingerprint density at radius 2 is 2.33 bits per heavy atom. The van der Waals surface area contributed by atoms with Gasteiger partial charge in [-0.3, -0.25) is 0 Å². The number of hydrogen-bond donors (Lipinski definition) is 1. The van der Waals surface area contributed by atoms with Crippen molar-refractivity contribution < 1.29 is 9.84 Å².